The summed E-state index contributed by atoms with van der Waals surface area (Å²) in [6.07, 6.45) is 0.627. The number of esters is 1. The predicted molar refractivity (Wildman–Crippen MR) is 70.9 cm³/mol. The summed E-state index contributed by atoms with van der Waals surface area (Å²) in [5.74, 6) is -1.43. The van der Waals surface area contributed by atoms with E-state index in [0.29, 0.717) is 6.42 Å². The summed E-state index contributed by atoms with van der Waals surface area (Å²) in [5.41, 5.74) is 5.03. The van der Waals surface area contributed by atoms with Crippen LogP contribution in [0, 0.1) is 16.0 Å². The van der Waals surface area contributed by atoms with Crippen LogP contribution in [0.4, 0.5) is 5.69 Å². The number of nitrogens with two attached hydrogens (primary N) is 1. The molecule has 0 saturated carbocycles. The Bertz CT molecular complexity index is 542. The van der Waals surface area contributed by atoms with E-state index in [-0.39, 0.29) is 29.3 Å². The van der Waals surface area contributed by atoms with Crippen LogP contribution < -0.4 is 5.73 Å². The van der Waals surface area contributed by atoms with E-state index < -0.39 is 16.8 Å². The molecule has 1 amide bonds. The second kappa shape index (κ2) is 6.65. The zero-order valence-corrected chi connectivity index (χ0v) is 11.3. The molecule has 1 aromatic rings. The number of hydrogen-bond donors (Lipinski definition) is 1. The normalized spacial score (nSPS) is 11.7. The van der Waals surface area contributed by atoms with Gasteiger partial charge in [0.2, 0.25) is 5.91 Å². The molecule has 2 N–H and O–H groups in total. The number of nitrogens with zero attached hydrogens (tertiary/aromatic N) is 1. The third-order valence-corrected chi connectivity index (χ3v) is 2.95. The quantitative estimate of drug-likeness (QED) is 0.485. The number of rotatable bonds is 6. The Hall–Kier alpha value is -2.44. The van der Waals surface area contributed by atoms with Crippen molar-refractivity contribution in [2.24, 2.45) is 11.7 Å². The van der Waals surface area contributed by atoms with Crippen molar-refractivity contribution < 1.29 is 19.2 Å². The van der Waals surface area contributed by atoms with Gasteiger partial charge in [0.1, 0.15) is 6.61 Å². The Balaban J connectivity index is 2.92. The first-order valence-electron chi connectivity index (χ1n) is 6.10. The summed E-state index contributed by atoms with van der Waals surface area (Å²) in [7, 11) is 0. The standard InChI is InChI=1S/C13H16N2O5/c1-3-8(2)13(17)20-7-10-5-4-9(12(14)16)6-11(10)15(18)19/h4-6,8H,3,7H2,1-2H3,(H2,14,16). The summed E-state index contributed by atoms with van der Waals surface area (Å²) in [6.45, 7) is 3.35. The fourth-order valence-corrected chi connectivity index (χ4v) is 1.47. The maximum Gasteiger partial charge on any atom is 0.308 e. The Morgan fingerprint density at radius 3 is 2.60 bits per heavy atom. The van der Waals surface area contributed by atoms with Gasteiger partial charge in [-0.15, -0.1) is 0 Å². The molecule has 0 aliphatic rings. The van der Waals surface area contributed by atoms with Crippen LogP contribution in [-0.2, 0) is 16.1 Å². The molecule has 0 saturated heterocycles. The van der Waals surface area contributed by atoms with Crippen molar-refractivity contribution >= 4 is 17.6 Å². The minimum Gasteiger partial charge on any atom is -0.460 e. The van der Waals surface area contributed by atoms with Gasteiger partial charge in [-0.1, -0.05) is 13.8 Å². The van der Waals surface area contributed by atoms with Gasteiger partial charge >= 0.3 is 5.97 Å². The van der Waals surface area contributed by atoms with Crippen molar-refractivity contribution in [3.63, 3.8) is 0 Å². The Morgan fingerprint density at radius 1 is 1.45 bits per heavy atom. The van der Waals surface area contributed by atoms with Gasteiger partial charge in [-0.3, -0.25) is 19.7 Å². The molecule has 7 nitrogen and oxygen atoms in total. The largest absolute Gasteiger partial charge is 0.460 e. The smallest absolute Gasteiger partial charge is 0.308 e. The zero-order valence-electron chi connectivity index (χ0n) is 11.3. The summed E-state index contributed by atoms with van der Waals surface area (Å²) in [6, 6.07) is 3.80. The minimum atomic E-state index is -0.753. The van der Waals surface area contributed by atoms with Crippen molar-refractivity contribution in [1.29, 1.82) is 0 Å². The van der Waals surface area contributed by atoms with Crippen molar-refractivity contribution in [2.75, 3.05) is 0 Å². The number of nitro groups is 1. The molecule has 20 heavy (non-hydrogen) atoms. The van der Waals surface area contributed by atoms with Crippen LogP contribution >= 0.6 is 0 Å². The predicted octanol–water partition coefficient (Wildman–Crippen LogP) is 1.78. The molecular formula is C13H16N2O5. The number of benzene rings is 1. The van der Waals surface area contributed by atoms with E-state index in [1.165, 1.54) is 12.1 Å². The molecule has 7 heteroatoms. The third-order valence-electron chi connectivity index (χ3n) is 2.95. The zero-order chi connectivity index (χ0) is 15.3. The number of primary amides is 1. The van der Waals surface area contributed by atoms with E-state index in [4.69, 9.17) is 10.5 Å². The second-order valence-electron chi connectivity index (χ2n) is 4.38. The highest BCUT2D eigenvalue weighted by molar-refractivity contribution is 5.93. The van der Waals surface area contributed by atoms with E-state index >= 15 is 0 Å². The highest BCUT2D eigenvalue weighted by atomic mass is 16.6. The molecule has 1 aromatic carbocycles. The Labute approximate surface area is 115 Å². The van der Waals surface area contributed by atoms with Crippen LogP contribution in [-0.4, -0.2) is 16.8 Å². The lowest BCUT2D eigenvalue weighted by Gasteiger charge is -2.09. The average molecular weight is 280 g/mol. The van der Waals surface area contributed by atoms with Crippen molar-refractivity contribution in [1.82, 2.24) is 0 Å². The van der Waals surface area contributed by atoms with Gasteiger partial charge < -0.3 is 10.5 Å². The fraction of sp³-hybridized carbons (Fsp3) is 0.385. The highest BCUT2D eigenvalue weighted by Gasteiger charge is 2.19. The molecule has 1 unspecified atom stereocenters. The van der Waals surface area contributed by atoms with Gasteiger partial charge in [-0.05, 0) is 18.6 Å². The highest BCUT2D eigenvalue weighted by Crippen LogP contribution is 2.21. The topological polar surface area (TPSA) is 113 Å². The summed E-state index contributed by atoms with van der Waals surface area (Å²) in [5, 5.41) is 10.9. The van der Waals surface area contributed by atoms with Crippen molar-refractivity contribution in [2.45, 2.75) is 26.9 Å². The molecule has 1 rings (SSSR count). The molecule has 0 aromatic heterocycles. The van der Waals surface area contributed by atoms with Gasteiger partial charge in [0.25, 0.3) is 5.69 Å². The Kier molecular flexibility index (Phi) is 5.19. The first kappa shape index (κ1) is 15.6. The van der Waals surface area contributed by atoms with Crippen LogP contribution in [0.15, 0.2) is 18.2 Å². The van der Waals surface area contributed by atoms with Crippen LogP contribution in [0.3, 0.4) is 0 Å². The van der Waals surface area contributed by atoms with Gasteiger partial charge in [0, 0.05) is 11.6 Å². The van der Waals surface area contributed by atoms with Crippen molar-refractivity contribution in [3.05, 3.63) is 39.4 Å². The van der Waals surface area contributed by atoms with E-state index in [2.05, 4.69) is 0 Å². The summed E-state index contributed by atoms with van der Waals surface area (Å²) in [4.78, 5) is 32.8. The van der Waals surface area contributed by atoms with Gasteiger partial charge in [0.15, 0.2) is 0 Å². The number of carbonyl (C=O) groups is 2. The second-order valence-corrected chi connectivity index (χ2v) is 4.38. The van der Waals surface area contributed by atoms with Gasteiger partial charge in [-0.25, -0.2) is 0 Å². The van der Waals surface area contributed by atoms with Gasteiger partial charge in [-0.2, -0.15) is 0 Å². The van der Waals surface area contributed by atoms with E-state index in [0.717, 1.165) is 6.07 Å². The first-order chi connectivity index (χ1) is 9.36. The number of hydrogen-bond acceptors (Lipinski definition) is 5. The Morgan fingerprint density at radius 2 is 2.10 bits per heavy atom. The molecule has 0 spiro atoms. The third kappa shape index (κ3) is 3.78. The number of amides is 1. The minimum absolute atomic E-state index is 0.0358. The molecule has 1 atom stereocenters. The SMILES string of the molecule is CCC(C)C(=O)OCc1ccc(C(N)=O)cc1[N+](=O)[O-]. The maximum absolute atomic E-state index is 11.5. The lowest BCUT2D eigenvalue weighted by Crippen LogP contribution is -2.15. The van der Waals surface area contributed by atoms with Crippen LogP contribution in [0.25, 0.3) is 0 Å². The van der Waals surface area contributed by atoms with Crippen LogP contribution in [0.1, 0.15) is 36.2 Å². The number of ether oxygens (including phenoxy) is 1. The first-order valence-corrected chi connectivity index (χ1v) is 6.10. The van der Waals surface area contributed by atoms with Gasteiger partial charge in [0.05, 0.1) is 16.4 Å². The summed E-state index contributed by atoms with van der Waals surface area (Å²) >= 11 is 0. The van der Waals surface area contributed by atoms with E-state index in [1.54, 1.807) is 6.92 Å². The number of nitro benzene ring substituents is 1. The molecule has 0 bridgehead atoms. The molecule has 108 valence electrons. The average Bonchev–Trinajstić information content (AvgIpc) is 2.43. The molecule has 0 heterocycles. The molecule has 0 aliphatic carbocycles. The van der Waals surface area contributed by atoms with E-state index in [1.807, 2.05) is 6.92 Å². The van der Waals surface area contributed by atoms with E-state index in [9.17, 15) is 19.7 Å². The summed E-state index contributed by atoms with van der Waals surface area (Å²) < 4.78 is 5.01. The monoisotopic (exact) mass is 280 g/mol. The van der Waals surface area contributed by atoms with Crippen molar-refractivity contribution in [3.8, 4) is 0 Å². The number of carbonyl (C=O) groups excluding carboxylic acids is 2. The molecule has 0 fully saturated rings. The molecular weight excluding hydrogens is 264 g/mol. The lowest BCUT2D eigenvalue weighted by molar-refractivity contribution is -0.385. The molecule has 0 radical (unpaired) electrons. The van der Waals surface area contributed by atoms with Crippen LogP contribution in [0.5, 0.6) is 0 Å². The van der Waals surface area contributed by atoms with Crippen LogP contribution in [0.2, 0.25) is 0 Å². The fourth-order valence-electron chi connectivity index (χ4n) is 1.47. The lowest BCUT2D eigenvalue weighted by atomic mass is 10.1. The maximum atomic E-state index is 11.5. The molecule has 0 aliphatic heterocycles.